The first kappa shape index (κ1) is 17.9. The van der Waals surface area contributed by atoms with Crippen molar-refractivity contribution in [2.45, 2.75) is 6.54 Å². The highest BCUT2D eigenvalue weighted by molar-refractivity contribution is 6.32. The van der Waals surface area contributed by atoms with Crippen molar-refractivity contribution in [2.75, 3.05) is 13.7 Å². The summed E-state index contributed by atoms with van der Waals surface area (Å²) < 4.78 is 10.6. The number of hydrogen-bond acceptors (Lipinski definition) is 4. The molecular weight excluding hydrogens is 351 g/mol. The van der Waals surface area contributed by atoms with E-state index in [4.69, 9.17) is 37.9 Å². The monoisotopic (exact) mass is 364 g/mol. The van der Waals surface area contributed by atoms with Crippen molar-refractivity contribution in [3.8, 4) is 17.6 Å². The average Bonchev–Trinajstić information content (AvgIpc) is 2.58. The summed E-state index contributed by atoms with van der Waals surface area (Å²) in [4.78, 5) is 11.9. The van der Waals surface area contributed by atoms with E-state index in [1.807, 2.05) is 18.2 Å². The smallest absolute Gasteiger partial charge is 0.258 e. The number of halogens is 2. The van der Waals surface area contributed by atoms with Crippen LogP contribution in [-0.2, 0) is 11.3 Å². The molecule has 0 saturated heterocycles. The van der Waals surface area contributed by atoms with Gasteiger partial charge >= 0.3 is 0 Å². The average molecular weight is 365 g/mol. The van der Waals surface area contributed by atoms with Crippen LogP contribution in [0.5, 0.6) is 11.5 Å². The zero-order valence-corrected chi connectivity index (χ0v) is 14.3. The molecule has 0 aromatic heterocycles. The second kappa shape index (κ2) is 8.44. The number of methoxy groups -OCH3 is 1. The highest BCUT2D eigenvalue weighted by Gasteiger charge is 2.13. The molecule has 0 heterocycles. The van der Waals surface area contributed by atoms with E-state index in [2.05, 4.69) is 5.32 Å². The Morgan fingerprint density at radius 2 is 2.08 bits per heavy atom. The van der Waals surface area contributed by atoms with E-state index in [1.165, 1.54) is 19.2 Å². The molecule has 0 saturated carbocycles. The SMILES string of the molecule is COc1cc(C#N)cc(Cl)c1OCC(=O)NCc1cccc(Cl)c1. The molecule has 2 rings (SSSR count). The second-order valence-corrected chi connectivity index (χ2v) is 5.64. The highest BCUT2D eigenvalue weighted by Crippen LogP contribution is 2.36. The zero-order valence-electron chi connectivity index (χ0n) is 12.8. The maximum atomic E-state index is 11.9. The number of benzene rings is 2. The lowest BCUT2D eigenvalue weighted by Gasteiger charge is -2.13. The minimum Gasteiger partial charge on any atom is -0.493 e. The molecule has 0 spiro atoms. The van der Waals surface area contributed by atoms with Crippen LogP contribution in [0.3, 0.4) is 0 Å². The van der Waals surface area contributed by atoms with Gasteiger partial charge in [-0.1, -0.05) is 35.3 Å². The Morgan fingerprint density at radius 1 is 1.29 bits per heavy atom. The minimum absolute atomic E-state index is 0.202. The molecule has 0 aliphatic heterocycles. The molecule has 0 bridgehead atoms. The quantitative estimate of drug-likeness (QED) is 0.850. The van der Waals surface area contributed by atoms with Gasteiger partial charge < -0.3 is 14.8 Å². The Morgan fingerprint density at radius 3 is 2.75 bits per heavy atom. The maximum Gasteiger partial charge on any atom is 0.258 e. The van der Waals surface area contributed by atoms with Crippen LogP contribution in [0, 0.1) is 11.3 Å². The number of rotatable bonds is 6. The predicted octanol–water partition coefficient (Wildman–Crippen LogP) is 3.57. The van der Waals surface area contributed by atoms with E-state index in [0.717, 1.165) is 5.56 Å². The summed E-state index contributed by atoms with van der Waals surface area (Å²) in [6.45, 7) is 0.101. The van der Waals surface area contributed by atoms with Gasteiger partial charge in [0.1, 0.15) is 0 Å². The lowest BCUT2D eigenvalue weighted by Crippen LogP contribution is -2.28. The van der Waals surface area contributed by atoms with Crippen molar-refractivity contribution in [2.24, 2.45) is 0 Å². The number of hydrogen-bond donors (Lipinski definition) is 1. The molecule has 2 aromatic carbocycles. The summed E-state index contributed by atoms with van der Waals surface area (Å²) in [5.74, 6) is 0.190. The molecule has 24 heavy (non-hydrogen) atoms. The van der Waals surface area contributed by atoms with Gasteiger partial charge in [-0.3, -0.25) is 4.79 Å². The van der Waals surface area contributed by atoms with Gasteiger partial charge in [0, 0.05) is 17.6 Å². The molecule has 124 valence electrons. The summed E-state index contributed by atoms with van der Waals surface area (Å²) >= 11 is 12.0. The van der Waals surface area contributed by atoms with Crippen LogP contribution in [0.4, 0.5) is 0 Å². The number of ether oxygens (including phenoxy) is 2. The first-order valence-corrected chi connectivity index (χ1v) is 7.70. The summed E-state index contributed by atoms with van der Waals surface area (Å²) in [7, 11) is 1.43. The van der Waals surface area contributed by atoms with Crippen LogP contribution in [0.15, 0.2) is 36.4 Å². The number of carbonyl (C=O) groups excluding carboxylic acids is 1. The van der Waals surface area contributed by atoms with E-state index >= 15 is 0 Å². The summed E-state index contributed by atoms with van der Waals surface area (Å²) in [6, 6.07) is 12.1. The largest absolute Gasteiger partial charge is 0.493 e. The van der Waals surface area contributed by atoms with Gasteiger partial charge in [0.25, 0.3) is 5.91 Å². The summed E-state index contributed by atoms with van der Waals surface area (Å²) in [5, 5.41) is 12.4. The topological polar surface area (TPSA) is 71.3 Å². The van der Waals surface area contributed by atoms with Crippen LogP contribution >= 0.6 is 23.2 Å². The second-order valence-electron chi connectivity index (χ2n) is 4.80. The van der Waals surface area contributed by atoms with Crippen molar-refractivity contribution in [1.29, 1.82) is 5.26 Å². The van der Waals surface area contributed by atoms with Crippen LogP contribution in [0.2, 0.25) is 10.0 Å². The molecular formula is C17H14Cl2N2O3. The number of nitriles is 1. The minimum atomic E-state index is -0.322. The summed E-state index contributed by atoms with van der Waals surface area (Å²) in [6.07, 6.45) is 0. The highest BCUT2D eigenvalue weighted by atomic mass is 35.5. The molecule has 7 heteroatoms. The fourth-order valence-electron chi connectivity index (χ4n) is 1.96. The molecule has 0 aliphatic carbocycles. The van der Waals surface area contributed by atoms with Gasteiger partial charge in [0.2, 0.25) is 0 Å². The first-order chi connectivity index (χ1) is 11.5. The Balaban J connectivity index is 1.95. The van der Waals surface area contributed by atoms with Crippen molar-refractivity contribution in [1.82, 2.24) is 5.32 Å². The standard InChI is InChI=1S/C17H14Cl2N2O3/c1-23-15-7-12(8-20)6-14(19)17(15)24-10-16(22)21-9-11-3-2-4-13(18)5-11/h2-7H,9-10H2,1H3,(H,21,22). The van der Waals surface area contributed by atoms with Crippen LogP contribution < -0.4 is 14.8 Å². The number of nitrogens with zero attached hydrogens (tertiary/aromatic N) is 1. The molecule has 0 fully saturated rings. The van der Waals surface area contributed by atoms with Gasteiger partial charge in [-0.25, -0.2) is 0 Å². The number of nitrogens with one attached hydrogen (secondary N) is 1. The third-order valence-corrected chi connectivity index (χ3v) is 3.60. The predicted molar refractivity (Wildman–Crippen MR) is 91.5 cm³/mol. The molecule has 0 aliphatic rings. The van der Waals surface area contributed by atoms with Crippen molar-refractivity contribution < 1.29 is 14.3 Å². The van der Waals surface area contributed by atoms with Crippen molar-refractivity contribution in [3.63, 3.8) is 0 Å². The molecule has 0 atom stereocenters. The Bertz CT molecular complexity index is 788. The van der Waals surface area contributed by atoms with E-state index in [1.54, 1.807) is 12.1 Å². The van der Waals surface area contributed by atoms with Crippen molar-refractivity contribution >= 4 is 29.1 Å². The van der Waals surface area contributed by atoms with Gasteiger partial charge in [-0.2, -0.15) is 5.26 Å². The zero-order chi connectivity index (χ0) is 17.5. The normalized spacial score (nSPS) is 9.92. The van der Waals surface area contributed by atoms with Gasteiger partial charge in [-0.05, 0) is 23.8 Å². The molecule has 0 radical (unpaired) electrons. The lowest BCUT2D eigenvalue weighted by molar-refractivity contribution is -0.123. The van der Waals surface area contributed by atoms with E-state index in [0.29, 0.717) is 22.9 Å². The van der Waals surface area contributed by atoms with Crippen LogP contribution in [-0.4, -0.2) is 19.6 Å². The number of carbonyl (C=O) groups is 1. The molecule has 0 unspecified atom stereocenters. The fraction of sp³-hybridized carbons (Fsp3) is 0.176. The Labute approximate surface area is 149 Å². The molecule has 5 nitrogen and oxygen atoms in total. The number of amides is 1. The van der Waals surface area contributed by atoms with E-state index < -0.39 is 0 Å². The van der Waals surface area contributed by atoms with Gasteiger partial charge in [0.15, 0.2) is 18.1 Å². The van der Waals surface area contributed by atoms with Crippen molar-refractivity contribution in [3.05, 3.63) is 57.6 Å². The van der Waals surface area contributed by atoms with Crippen LogP contribution in [0.25, 0.3) is 0 Å². The summed E-state index contributed by atoms with van der Waals surface area (Å²) in [5.41, 5.74) is 1.22. The van der Waals surface area contributed by atoms with Crippen LogP contribution in [0.1, 0.15) is 11.1 Å². The lowest BCUT2D eigenvalue weighted by atomic mass is 10.2. The molecule has 2 aromatic rings. The maximum absolute atomic E-state index is 11.9. The van der Waals surface area contributed by atoms with E-state index in [-0.39, 0.29) is 23.3 Å². The third kappa shape index (κ3) is 4.79. The van der Waals surface area contributed by atoms with E-state index in [9.17, 15) is 4.79 Å². The fourth-order valence-corrected chi connectivity index (χ4v) is 2.44. The first-order valence-electron chi connectivity index (χ1n) is 6.95. The molecule has 1 amide bonds. The third-order valence-electron chi connectivity index (χ3n) is 3.08. The molecule has 1 N–H and O–H groups in total. The van der Waals surface area contributed by atoms with Gasteiger partial charge in [-0.15, -0.1) is 0 Å². The Hall–Kier alpha value is -2.42. The Kier molecular flexibility index (Phi) is 6.30. The van der Waals surface area contributed by atoms with Gasteiger partial charge in [0.05, 0.1) is 23.8 Å².